The van der Waals surface area contributed by atoms with Gasteiger partial charge in [-0.15, -0.1) is 0 Å². The Morgan fingerprint density at radius 1 is 1.19 bits per heavy atom. The predicted octanol–water partition coefficient (Wildman–Crippen LogP) is 4.48. The molecule has 0 N–H and O–H groups in total. The summed E-state index contributed by atoms with van der Waals surface area (Å²) in [5.41, 5.74) is 0.635. The summed E-state index contributed by atoms with van der Waals surface area (Å²) in [6.07, 6.45) is 4.38. The van der Waals surface area contributed by atoms with Gasteiger partial charge < -0.3 is 4.52 Å². The highest BCUT2D eigenvalue weighted by Crippen LogP contribution is 2.33. The van der Waals surface area contributed by atoms with Gasteiger partial charge in [0.05, 0.1) is 16.7 Å². The Hall–Kier alpha value is -2.15. The standard InChI is InChI=1S/C20H24N4O2S/c1-20(2,3)18-22-16(26-23-18)12-27-19-21-15-11-7-6-10-14(15)17(25)24(19)13-8-4-5-9-13/h6-7,10-11,13H,4-5,8-9,12H2,1-3H3. The Kier molecular flexibility index (Phi) is 4.80. The Labute approximate surface area is 162 Å². The minimum Gasteiger partial charge on any atom is -0.338 e. The van der Waals surface area contributed by atoms with Crippen molar-refractivity contribution in [3.8, 4) is 0 Å². The summed E-state index contributed by atoms with van der Waals surface area (Å²) < 4.78 is 7.29. The number of hydrogen-bond donors (Lipinski definition) is 0. The second-order valence-corrected chi connectivity index (χ2v) is 9.02. The second-order valence-electron chi connectivity index (χ2n) is 8.08. The van der Waals surface area contributed by atoms with Gasteiger partial charge in [-0.25, -0.2) is 4.98 Å². The molecule has 7 heteroatoms. The van der Waals surface area contributed by atoms with E-state index < -0.39 is 0 Å². The van der Waals surface area contributed by atoms with E-state index in [-0.39, 0.29) is 17.0 Å². The molecule has 142 valence electrons. The zero-order valence-corrected chi connectivity index (χ0v) is 16.8. The van der Waals surface area contributed by atoms with Crippen LogP contribution in [0.5, 0.6) is 0 Å². The molecule has 27 heavy (non-hydrogen) atoms. The minimum atomic E-state index is -0.153. The first-order valence-corrected chi connectivity index (χ1v) is 10.4. The van der Waals surface area contributed by atoms with E-state index in [1.54, 1.807) is 0 Å². The van der Waals surface area contributed by atoms with Crippen LogP contribution in [0.3, 0.4) is 0 Å². The van der Waals surface area contributed by atoms with E-state index in [9.17, 15) is 4.79 Å². The third-order valence-electron chi connectivity index (χ3n) is 4.93. The van der Waals surface area contributed by atoms with Gasteiger partial charge >= 0.3 is 0 Å². The summed E-state index contributed by atoms with van der Waals surface area (Å²) in [6, 6.07) is 7.79. The Morgan fingerprint density at radius 2 is 1.93 bits per heavy atom. The topological polar surface area (TPSA) is 73.8 Å². The lowest BCUT2D eigenvalue weighted by molar-refractivity contribution is 0.372. The summed E-state index contributed by atoms with van der Waals surface area (Å²) in [5.74, 6) is 1.75. The number of fused-ring (bicyclic) bond motifs is 1. The predicted molar refractivity (Wildman–Crippen MR) is 106 cm³/mol. The van der Waals surface area contributed by atoms with Crippen LogP contribution in [-0.4, -0.2) is 19.7 Å². The van der Waals surface area contributed by atoms with Crippen molar-refractivity contribution in [3.05, 3.63) is 46.3 Å². The Balaban J connectivity index is 1.68. The zero-order chi connectivity index (χ0) is 19.0. The molecular formula is C20H24N4O2S. The molecule has 1 aliphatic carbocycles. The molecule has 3 aromatic rings. The van der Waals surface area contributed by atoms with Gasteiger partial charge in [0.2, 0.25) is 5.89 Å². The lowest BCUT2D eigenvalue weighted by Crippen LogP contribution is -2.26. The molecule has 0 amide bonds. The van der Waals surface area contributed by atoms with Crippen molar-refractivity contribution in [2.75, 3.05) is 0 Å². The van der Waals surface area contributed by atoms with Crippen LogP contribution < -0.4 is 5.56 Å². The van der Waals surface area contributed by atoms with Crippen LogP contribution in [0.2, 0.25) is 0 Å². The van der Waals surface area contributed by atoms with Crippen molar-refractivity contribution in [2.45, 2.75) is 68.8 Å². The summed E-state index contributed by atoms with van der Waals surface area (Å²) in [6.45, 7) is 6.16. The average molecular weight is 385 g/mol. The van der Waals surface area contributed by atoms with Gasteiger partial charge in [-0.1, -0.05) is 62.7 Å². The number of benzene rings is 1. The molecule has 1 fully saturated rings. The van der Waals surface area contributed by atoms with Gasteiger partial charge in [-0.2, -0.15) is 4.98 Å². The quantitative estimate of drug-likeness (QED) is 0.487. The van der Waals surface area contributed by atoms with E-state index in [0.717, 1.165) is 36.4 Å². The zero-order valence-electron chi connectivity index (χ0n) is 15.9. The van der Waals surface area contributed by atoms with E-state index in [0.29, 0.717) is 22.9 Å². The van der Waals surface area contributed by atoms with E-state index in [2.05, 4.69) is 30.9 Å². The number of aromatic nitrogens is 4. The molecule has 1 aliphatic rings. The van der Waals surface area contributed by atoms with E-state index in [1.807, 2.05) is 28.8 Å². The lowest BCUT2D eigenvalue weighted by Gasteiger charge is -2.18. The molecule has 6 nitrogen and oxygen atoms in total. The fraction of sp³-hybridized carbons (Fsp3) is 0.500. The van der Waals surface area contributed by atoms with Crippen LogP contribution in [0.1, 0.15) is 64.2 Å². The van der Waals surface area contributed by atoms with Crippen molar-refractivity contribution in [2.24, 2.45) is 0 Å². The first-order valence-electron chi connectivity index (χ1n) is 9.40. The molecule has 0 saturated heterocycles. The Morgan fingerprint density at radius 3 is 2.63 bits per heavy atom. The van der Waals surface area contributed by atoms with Crippen LogP contribution in [0.25, 0.3) is 10.9 Å². The van der Waals surface area contributed by atoms with E-state index >= 15 is 0 Å². The number of thioether (sulfide) groups is 1. The average Bonchev–Trinajstić information content (AvgIpc) is 3.31. The number of nitrogens with zero attached hydrogens (tertiary/aromatic N) is 4. The summed E-state index contributed by atoms with van der Waals surface area (Å²) in [5, 5.41) is 5.50. The highest BCUT2D eigenvalue weighted by molar-refractivity contribution is 7.98. The first-order chi connectivity index (χ1) is 12.9. The molecule has 0 aliphatic heterocycles. The number of rotatable bonds is 4. The SMILES string of the molecule is CC(C)(C)c1noc(CSc2nc3ccccc3c(=O)n2C2CCCC2)n1. The van der Waals surface area contributed by atoms with Crippen LogP contribution in [-0.2, 0) is 11.2 Å². The molecule has 1 saturated carbocycles. The summed E-state index contributed by atoms with van der Waals surface area (Å²) in [4.78, 5) is 22.4. The van der Waals surface area contributed by atoms with Crippen LogP contribution in [0.15, 0.2) is 38.7 Å². The van der Waals surface area contributed by atoms with Gasteiger partial charge in [0.25, 0.3) is 5.56 Å². The normalized spacial score (nSPS) is 15.7. The monoisotopic (exact) mass is 384 g/mol. The van der Waals surface area contributed by atoms with Gasteiger partial charge in [0.1, 0.15) is 0 Å². The molecular weight excluding hydrogens is 360 g/mol. The molecule has 0 unspecified atom stereocenters. The van der Waals surface area contributed by atoms with E-state index in [4.69, 9.17) is 9.51 Å². The fourth-order valence-electron chi connectivity index (χ4n) is 3.46. The van der Waals surface area contributed by atoms with Crippen molar-refractivity contribution in [3.63, 3.8) is 0 Å². The largest absolute Gasteiger partial charge is 0.338 e. The molecule has 0 atom stereocenters. The molecule has 2 heterocycles. The third kappa shape index (κ3) is 3.65. The summed E-state index contributed by atoms with van der Waals surface area (Å²) >= 11 is 1.50. The van der Waals surface area contributed by atoms with Gasteiger partial charge in [-0.3, -0.25) is 9.36 Å². The highest BCUT2D eigenvalue weighted by Gasteiger charge is 2.24. The molecule has 0 bridgehead atoms. The first kappa shape index (κ1) is 18.2. The molecule has 2 aromatic heterocycles. The van der Waals surface area contributed by atoms with Gasteiger partial charge in [-0.05, 0) is 25.0 Å². The van der Waals surface area contributed by atoms with E-state index in [1.165, 1.54) is 11.8 Å². The summed E-state index contributed by atoms with van der Waals surface area (Å²) in [7, 11) is 0. The van der Waals surface area contributed by atoms with Gasteiger partial charge in [0, 0.05) is 11.5 Å². The van der Waals surface area contributed by atoms with Crippen LogP contribution in [0.4, 0.5) is 0 Å². The second kappa shape index (κ2) is 7.11. The third-order valence-corrected chi connectivity index (χ3v) is 5.87. The molecule has 0 radical (unpaired) electrons. The van der Waals surface area contributed by atoms with Crippen LogP contribution >= 0.6 is 11.8 Å². The minimum absolute atomic E-state index is 0.0518. The van der Waals surface area contributed by atoms with Crippen LogP contribution in [0, 0.1) is 0 Å². The maximum atomic E-state index is 13.1. The Bertz CT molecular complexity index is 1010. The van der Waals surface area contributed by atoms with Crippen molar-refractivity contribution >= 4 is 22.7 Å². The molecule has 1 aromatic carbocycles. The number of para-hydroxylation sites is 1. The lowest BCUT2D eigenvalue weighted by atomic mass is 9.96. The molecule has 0 spiro atoms. The van der Waals surface area contributed by atoms with Crippen molar-refractivity contribution in [1.29, 1.82) is 0 Å². The van der Waals surface area contributed by atoms with Crippen molar-refractivity contribution < 1.29 is 4.52 Å². The molecule has 4 rings (SSSR count). The fourth-order valence-corrected chi connectivity index (χ4v) is 4.36. The smallest absolute Gasteiger partial charge is 0.262 e. The van der Waals surface area contributed by atoms with Crippen molar-refractivity contribution in [1.82, 2.24) is 19.7 Å². The van der Waals surface area contributed by atoms with Gasteiger partial charge in [0.15, 0.2) is 11.0 Å². The highest BCUT2D eigenvalue weighted by atomic mass is 32.2. The number of hydrogen-bond acceptors (Lipinski definition) is 6. The maximum absolute atomic E-state index is 13.1. The maximum Gasteiger partial charge on any atom is 0.262 e.